The molecule has 0 bridgehead atoms. The van der Waals surface area contributed by atoms with Crippen LogP contribution in [0.3, 0.4) is 0 Å². The van der Waals surface area contributed by atoms with Crippen LogP contribution in [0.15, 0.2) is 48.2 Å². The number of halogens is 2. The van der Waals surface area contributed by atoms with Gasteiger partial charge in [0.2, 0.25) is 0 Å². The molecule has 0 saturated heterocycles. The number of rotatable bonds is 7. The fourth-order valence-corrected chi connectivity index (χ4v) is 3.16. The van der Waals surface area contributed by atoms with E-state index in [9.17, 15) is 23.5 Å². The second-order valence-electron chi connectivity index (χ2n) is 6.37. The summed E-state index contributed by atoms with van der Waals surface area (Å²) in [5.74, 6) is -2.73. The first-order chi connectivity index (χ1) is 13.9. The molecule has 152 valence electrons. The summed E-state index contributed by atoms with van der Waals surface area (Å²) in [6.07, 6.45) is 0. The molecule has 8 heteroatoms. The second kappa shape index (κ2) is 8.40. The summed E-state index contributed by atoms with van der Waals surface area (Å²) in [6, 6.07) is 9.21. The number of amides is 2. The van der Waals surface area contributed by atoms with Gasteiger partial charge in [-0.1, -0.05) is 12.1 Å². The lowest BCUT2D eigenvalue weighted by Crippen LogP contribution is -2.35. The monoisotopic (exact) mass is 402 g/mol. The van der Waals surface area contributed by atoms with Gasteiger partial charge in [0.15, 0.2) is 0 Å². The zero-order chi connectivity index (χ0) is 21.1. The summed E-state index contributed by atoms with van der Waals surface area (Å²) >= 11 is 0. The van der Waals surface area contributed by atoms with Gasteiger partial charge in [-0.25, -0.2) is 13.7 Å². The van der Waals surface area contributed by atoms with Crippen molar-refractivity contribution in [1.29, 1.82) is 0 Å². The molecule has 0 saturated carbocycles. The molecule has 1 N–H and O–H groups in total. The number of aliphatic hydroxyl groups is 1. The van der Waals surface area contributed by atoms with E-state index in [2.05, 4.69) is 0 Å². The zero-order valence-corrected chi connectivity index (χ0v) is 16.0. The number of nitrogens with zero attached hydrogens (tertiary/aromatic N) is 2. The van der Waals surface area contributed by atoms with Crippen LogP contribution in [0.2, 0.25) is 0 Å². The molecule has 2 aromatic carbocycles. The van der Waals surface area contributed by atoms with E-state index in [-0.39, 0.29) is 30.1 Å². The first kappa shape index (κ1) is 20.5. The Morgan fingerprint density at radius 1 is 1.07 bits per heavy atom. The van der Waals surface area contributed by atoms with Crippen molar-refractivity contribution in [3.05, 3.63) is 65.4 Å². The van der Waals surface area contributed by atoms with E-state index in [1.54, 1.807) is 31.3 Å². The van der Waals surface area contributed by atoms with Crippen molar-refractivity contribution in [3.8, 4) is 5.75 Å². The predicted molar refractivity (Wildman–Crippen MR) is 103 cm³/mol. The Labute approximate surface area is 166 Å². The van der Waals surface area contributed by atoms with Crippen molar-refractivity contribution in [3.63, 3.8) is 0 Å². The van der Waals surface area contributed by atoms with Gasteiger partial charge >= 0.3 is 0 Å². The molecule has 0 aromatic heterocycles. The third kappa shape index (κ3) is 3.84. The maximum absolute atomic E-state index is 14.3. The van der Waals surface area contributed by atoms with E-state index >= 15 is 0 Å². The third-order valence-electron chi connectivity index (χ3n) is 4.48. The molecule has 29 heavy (non-hydrogen) atoms. The van der Waals surface area contributed by atoms with Crippen molar-refractivity contribution in [2.45, 2.75) is 6.92 Å². The van der Waals surface area contributed by atoms with Crippen LogP contribution in [0.5, 0.6) is 5.75 Å². The van der Waals surface area contributed by atoms with Crippen molar-refractivity contribution >= 4 is 23.1 Å². The Morgan fingerprint density at radius 2 is 1.76 bits per heavy atom. The Kier molecular flexibility index (Phi) is 5.93. The fourth-order valence-electron chi connectivity index (χ4n) is 3.16. The molecular formula is C21H20F2N2O4. The van der Waals surface area contributed by atoms with Crippen LogP contribution in [-0.4, -0.2) is 48.6 Å². The standard InChI is InChI=1S/C21H20F2N2O4/c1-3-29-15-7-4-13(5-8-15)18-19(24(2)10-11-26)21(28)25(20(18)27)17-9-6-14(22)12-16(17)23/h4-9,12,26H,3,10-11H2,1-2H3. The average Bonchev–Trinajstić information content (AvgIpc) is 2.94. The Morgan fingerprint density at radius 3 is 2.34 bits per heavy atom. The van der Waals surface area contributed by atoms with Crippen LogP contribution in [0.25, 0.3) is 5.57 Å². The van der Waals surface area contributed by atoms with Gasteiger partial charge in [0.1, 0.15) is 23.1 Å². The number of benzene rings is 2. The Bertz CT molecular complexity index is 973. The molecule has 0 aliphatic carbocycles. The Hall–Kier alpha value is -3.26. The highest BCUT2D eigenvalue weighted by molar-refractivity contribution is 6.45. The molecular weight excluding hydrogens is 382 g/mol. The molecule has 1 aliphatic rings. The van der Waals surface area contributed by atoms with Gasteiger partial charge in [0, 0.05) is 19.7 Å². The van der Waals surface area contributed by atoms with E-state index in [0.29, 0.717) is 28.9 Å². The number of hydrogen-bond donors (Lipinski definition) is 1. The quantitative estimate of drug-likeness (QED) is 0.721. The minimum atomic E-state index is -1.02. The molecule has 1 aliphatic heterocycles. The molecule has 0 unspecified atom stereocenters. The summed E-state index contributed by atoms with van der Waals surface area (Å²) in [7, 11) is 1.55. The molecule has 6 nitrogen and oxygen atoms in total. The summed E-state index contributed by atoms with van der Waals surface area (Å²) in [5.41, 5.74) is 0.198. The van der Waals surface area contributed by atoms with Gasteiger partial charge in [-0.15, -0.1) is 0 Å². The van der Waals surface area contributed by atoms with Gasteiger partial charge in [0.25, 0.3) is 11.8 Å². The topological polar surface area (TPSA) is 70.1 Å². The normalized spacial score (nSPS) is 14.0. The fraction of sp³-hybridized carbons (Fsp3) is 0.238. The van der Waals surface area contributed by atoms with Gasteiger partial charge in [-0.3, -0.25) is 9.59 Å². The van der Waals surface area contributed by atoms with E-state index in [4.69, 9.17) is 4.74 Å². The number of likely N-dealkylation sites (N-methyl/N-ethyl adjacent to an activating group) is 1. The molecule has 2 aromatic rings. The number of imide groups is 1. The maximum atomic E-state index is 14.3. The average molecular weight is 402 g/mol. The lowest BCUT2D eigenvalue weighted by molar-refractivity contribution is -0.120. The van der Waals surface area contributed by atoms with Crippen LogP contribution < -0.4 is 9.64 Å². The van der Waals surface area contributed by atoms with E-state index in [0.717, 1.165) is 12.1 Å². The van der Waals surface area contributed by atoms with Crippen molar-refractivity contribution in [2.24, 2.45) is 0 Å². The van der Waals surface area contributed by atoms with Crippen LogP contribution in [0.1, 0.15) is 12.5 Å². The SMILES string of the molecule is CCOc1ccc(C2=C(N(C)CCO)C(=O)N(c3ccc(F)cc3F)C2=O)cc1. The lowest BCUT2D eigenvalue weighted by Gasteiger charge is -2.20. The lowest BCUT2D eigenvalue weighted by atomic mass is 10.0. The van der Waals surface area contributed by atoms with Gasteiger partial charge in [0.05, 0.1) is 24.5 Å². The van der Waals surface area contributed by atoms with Crippen LogP contribution in [-0.2, 0) is 9.59 Å². The number of anilines is 1. The maximum Gasteiger partial charge on any atom is 0.282 e. The molecule has 0 atom stereocenters. The molecule has 2 amide bonds. The molecule has 1 heterocycles. The van der Waals surface area contributed by atoms with Crippen LogP contribution in [0, 0.1) is 11.6 Å². The van der Waals surface area contributed by atoms with Crippen LogP contribution in [0.4, 0.5) is 14.5 Å². The number of hydrogen-bond acceptors (Lipinski definition) is 5. The number of carbonyl (C=O) groups is 2. The van der Waals surface area contributed by atoms with Gasteiger partial charge in [-0.05, 0) is 36.8 Å². The summed E-state index contributed by atoms with van der Waals surface area (Å²) in [6.45, 7) is 2.16. The predicted octanol–water partition coefficient (Wildman–Crippen LogP) is 2.57. The Balaban J connectivity index is 2.10. The van der Waals surface area contributed by atoms with Gasteiger partial charge < -0.3 is 14.7 Å². The zero-order valence-electron chi connectivity index (χ0n) is 16.0. The van der Waals surface area contributed by atoms with Crippen molar-refractivity contribution in [1.82, 2.24) is 4.90 Å². The van der Waals surface area contributed by atoms with Gasteiger partial charge in [-0.2, -0.15) is 0 Å². The highest BCUT2D eigenvalue weighted by atomic mass is 19.1. The van der Waals surface area contributed by atoms with Crippen LogP contribution >= 0.6 is 0 Å². The first-order valence-electron chi connectivity index (χ1n) is 9.02. The van der Waals surface area contributed by atoms with E-state index < -0.39 is 23.4 Å². The number of carbonyl (C=O) groups excluding carboxylic acids is 2. The largest absolute Gasteiger partial charge is 0.494 e. The summed E-state index contributed by atoms with van der Waals surface area (Å²) in [4.78, 5) is 28.3. The van der Waals surface area contributed by atoms with E-state index in [1.165, 1.54) is 4.90 Å². The molecule has 3 rings (SSSR count). The number of aliphatic hydroxyl groups excluding tert-OH is 1. The second-order valence-corrected chi connectivity index (χ2v) is 6.37. The molecule has 0 spiro atoms. The number of ether oxygens (including phenoxy) is 1. The van der Waals surface area contributed by atoms with E-state index in [1.807, 2.05) is 6.92 Å². The highest BCUT2D eigenvalue weighted by Gasteiger charge is 2.42. The molecule has 0 fully saturated rings. The highest BCUT2D eigenvalue weighted by Crippen LogP contribution is 2.36. The third-order valence-corrected chi connectivity index (χ3v) is 4.48. The summed E-state index contributed by atoms with van der Waals surface area (Å²) in [5, 5.41) is 9.27. The first-order valence-corrected chi connectivity index (χ1v) is 9.02. The summed E-state index contributed by atoms with van der Waals surface area (Å²) < 4.78 is 33.0. The van der Waals surface area contributed by atoms with Crippen molar-refractivity contribution < 1.29 is 28.2 Å². The molecule has 0 radical (unpaired) electrons. The minimum absolute atomic E-state index is 0.0249. The smallest absolute Gasteiger partial charge is 0.282 e. The van der Waals surface area contributed by atoms with Crippen molar-refractivity contribution in [2.75, 3.05) is 31.7 Å². The minimum Gasteiger partial charge on any atom is -0.494 e.